The zero-order valence-electron chi connectivity index (χ0n) is 14.2. The minimum absolute atomic E-state index is 0.0256. The van der Waals surface area contributed by atoms with Gasteiger partial charge in [0.15, 0.2) is 12.4 Å². The zero-order valence-corrected chi connectivity index (χ0v) is 15.0. The predicted molar refractivity (Wildman–Crippen MR) is 89.0 cm³/mol. The standard InChI is InChI=1S/C17H11ClF6N2O3/c18-12-6-11(17(22,23)24)7-25-15(12)26-13(27)8-29-14(28)5-9-2-1-3-10(4-9)16(19,20)21/h1-4,6-7H,5,8H2,(H,25,26,27). The van der Waals surface area contributed by atoms with Gasteiger partial charge in [-0.1, -0.05) is 29.8 Å². The molecule has 0 saturated carbocycles. The maximum Gasteiger partial charge on any atom is 0.417 e. The maximum absolute atomic E-state index is 12.6. The van der Waals surface area contributed by atoms with Gasteiger partial charge in [0.1, 0.15) is 0 Å². The number of pyridine rings is 1. The van der Waals surface area contributed by atoms with Crippen LogP contribution in [0.4, 0.5) is 32.2 Å². The Balaban J connectivity index is 1.90. The van der Waals surface area contributed by atoms with Crippen molar-refractivity contribution in [1.29, 1.82) is 0 Å². The van der Waals surface area contributed by atoms with Crippen LogP contribution in [0.1, 0.15) is 16.7 Å². The smallest absolute Gasteiger partial charge is 0.417 e. The molecule has 1 aromatic carbocycles. The molecule has 156 valence electrons. The van der Waals surface area contributed by atoms with E-state index in [2.05, 4.69) is 15.0 Å². The minimum atomic E-state index is -4.67. The van der Waals surface area contributed by atoms with E-state index in [1.807, 2.05) is 0 Å². The van der Waals surface area contributed by atoms with E-state index in [-0.39, 0.29) is 11.4 Å². The second-order valence-electron chi connectivity index (χ2n) is 5.64. The summed E-state index contributed by atoms with van der Waals surface area (Å²) >= 11 is 5.62. The number of nitrogens with one attached hydrogen (secondary N) is 1. The highest BCUT2D eigenvalue weighted by Crippen LogP contribution is 2.32. The quantitative estimate of drug-likeness (QED) is 0.549. The Bertz CT molecular complexity index is 915. The van der Waals surface area contributed by atoms with Gasteiger partial charge in [0.2, 0.25) is 0 Å². The highest BCUT2D eigenvalue weighted by molar-refractivity contribution is 6.33. The van der Waals surface area contributed by atoms with Crippen LogP contribution in [-0.4, -0.2) is 23.5 Å². The number of aromatic nitrogens is 1. The molecular weight excluding hydrogens is 430 g/mol. The van der Waals surface area contributed by atoms with Gasteiger partial charge in [-0.3, -0.25) is 9.59 Å². The first-order chi connectivity index (χ1) is 13.4. The Morgan fingerprint density at radius 1 is 1.03 bits per heavy atom. The Hall–Kier alpha value is -2.82. The van der Waals surface area contributed by atoms with Gasteiger partial charge in [0, 0.05) is 6.20 Å². The van der Waals surface area contributed by atoms with Gasteiger partial charge in [-0.25, -0.2) is 4.98 Å². The van der Waals surface area contributed by atoms with E-state index in [0.29, 0.717) is 12.3 Å². The van der Waals surface area contributed by atoms with E-state index < -0.39 is 53.4 Å². The number of alkyl halides is 6. The fourth-order valence-corrected chi connectivity index (χ4v) is 2.29. The van der Waals surface area contributed by atoms with Gasteiger partial charge in [0.25, 0.3) is 5.91 Å². The number of halogens is 7. The Kier molecular flexibility index (Phi) is 6.73. The first-order valence-electron chi connectivity index (χ1n) is 7.70. The number of rotatable bonds is 5. The highest BCUT2D eigenvalue weighted by atomic mass is 35.5. The average Bonchev–Trinajstić information content (AvgIpc) is 2.60. The minimum Gasteiger partial charge on any atom is -0.455 e. The molecular formula is C17H11ClF6N2O3. The molecule has 0 unspecified atom stereocenters. The van der Waals surface area contributed by atoms with E-state index in [1.54, 1.807) is 0 Å². The van der Waals surface area contributed by atoms with Crippen molar-refractivity contribution in [3.8, 4) is 0 Å². The normalized spacial score (nSPS) is 11.8. The van der Waals surface area contributed by atoms with E-state index in [0.717, 1.165) is 18.2 Å². The van der Waals surface area contributed by atoms with Gasteiger partial charge >= 0.3 is 18.3 Å². The lowest BCUT2D eigenvalue weighted by Crippen LogP contribution is -2.22. The highest BCUT2D eigenvalue weighted by Gasteiger charge is 2.32. The van der Waals surface area contributed by atoms with Crippen LogP contribution in [0.5, 0.6) is 0 Å². The molecule has 1 N–H and O–H groups in total. The van der Waals surface area contributed by atoms with Crippen LogP contribution in [-0.2, 0) is 33.1 Å². The van der Waals surface area contributed by atoms with Crippen LogP contribution in [0.25, 0.3) is 0 Å². The number of ether oxygens (including phenoxy) is 1. The van der Waals surface area contributed by atoms with Crippen molar-refractivity contribution in [3.63, 3.8) is 0 Å². The summed E-state index contributed by atoms with van der Waals surface area (Å²) in [6.45, 7) is -0.836. The molecule has 2 aromatic rings. The van der Waals surface area contributed by atoms with Crippen molar-refractivity contribution in [2.75, 3.05) is 11.9 Å². The van der Waals surface area contributed by atoms with E-state index in [1.165, 1.54) is 6.07 Å². The molecule has 0 aliphatic carbocycles. The van der Waals surface area contributed by atoms with Gasteiger partial charge in [0.05, 0.1) is 22.6 Å². The van der Waals surface area contributed by atoms with Gasteiger partial charge in [-0.05, 0) is 17.7 Å². The van der Waals surface area contributed by atoms with Gasteiger partial charge in [-0.15, -0.1) is 0 Å². The second kappa shape index (κ2) is 8.68. The fourth-order valence-electron chi connectivity index (χ4n) is 2.07. The van der Waals surface area contributed by atoms with Crippen molar-refractivity contribution < 1.29 is 40.7 Å². The summed E-state index contributed by atoms with van der Waals surface area (Å²) in [6.07, 6.45) is -9.30. The number of hydrogen-bond acceptors (Lipinski definition) is 4. The summed E-state index contributed by atoms with van der Waals surface area (Å²) < 4.78 is 80.2. The molecule has 0 fully saturated rings. The Morgan fingerprint density at radius 2 is 1.69 bits per heavy atom. The Labute approximate surface area is 164 Å². The number of nitrogens with zero attached hydrogens (tertiary/aromatic N) is 1. The summed E-state index contributed by atoms with van der Waals surface area (Å²) in [5.74, 6) is -2.30. The first kappa shape index (κ1) is 22.5. The third-order valence-electron chi connectivity index (χ3n) is 3.39. The molecule has 0 spiro atoms. The van der Waals surface area contributed by atoms with Crippen molar-refractivity contribution in [1.82, 2.24) is 4.98 Å². The Morgan fingerprint density at radius 3 is 2.28 bits per heavy atom. The molecule has 0 atom stereocenters. The largest absolute Gasteiger partial charge is 0.455 e. The summed E-state index contributed by atoms with van der Waals surface area (Å²) in [4.78, 5) is 26.8. The van der Waals surface area contributed by atoms with E-state index in [9.17, 15) is 35.9 Å². The molecule has 1 aromatic heterocycles. The summed E-state index contributed by atoms with van der Waals surface area (Å²) in [5.41, 5.74) is -2.03. The number of carbonyl (C=O) groups is 2. The zero-order chi connectivity index (χ0) is 21.8. The molecule has 0 radical (unpaired) electrons. The van der Waals surface area contributed by atoms with Crippen LogP contribution in [0.2, 0.25) is 5.02 Å². The van der Waals surface area contributed by atoms with Crippen LogP contribution in [0, 0.1) is 0 Å². The molecule has 12 heteroatoms. The number of hydrogen-bond donors (Lipinski definition) is 1. The second-order valence-corrected chi connectivity index (χ2v) is 6.04. The molecule has 2 rings (SSSR count). The summed E-state index contributed by atoms with van der Waals surface area (Å²) in [5, 5.41) is 1.58. The predicted octanol–water partition coefficient (Wildman–Crippen LogP) is 4.50. The number of benzene rings is 1. The lowest BCUT2D eigenvalue weighted by atomic mass is 10.1. The van der Waals surface area contributed by atoms with Crippen molar-refractivity contribution in [2.24, 2.45) is 0 Å². The SMILES string of the molecule is O=C(COC(=O)Cc1cccc(C(F)(F)F)c1)Nc1ncc(C(F)(F)F)cc1Cl. The van der Waals surface area contributed by atoms with Crippen LogP contribution in [0.3, 0.4) is 0 Å². The van der Waals surface area contributed by atoms with Crippen LogP contribution >= 0.6 is 11.6 Å². The average molecular weight is 441 g/mol. The molecule has 0 saturated heterocycles. The number of carbonyl (C=O) groups excluding carboxylic acids is 2. The monoisotopic (exact) mass is 440 g/mol. The van der Waals surface area contributed by atoms with Crippen LogP contribution in [0.15, 0.2) is 36.5 Å². The molecule has 0 aliphatic rings. The van der Waals surface area contributed by atoms with Gasteiger partial charge in [-0.2, -0.15) is 26.3 Å². The van der Waals surface area contributed by atoms with Crippen molar-refractivity contribution in [2.45, 2.75) is 18.8 Å². The third kappa shape index (κ3) is 6.63. The number of amides is 1. The van der Waals surface area contributed by atoms with Gasteiger partial charge < -0.3 is 10.1 Å². The van der Waals surface area contributed by atoms with Crippen LogP contribution < -0.4 is 5.32 Å². The maximum atomic E-state index is 12.6. The lowest BCUT2D eigenvalue weighted by molar-refractivity contribution is -0.146. The first-order valence-corrected chi connectivity index (χ1v) is 8.08. The molecule has 1 heterocycles. The molecule has 5 nitrogen and oxygen atoms in total. The van der Waals surface area contributed by atoms with E-state index in [4.69, 9.17) is 11.6 Å². The number of anilines is 1. The number of esters is 1. The van der Waals surface area contributed by atoms with Crippen molar-refractivity contribution in [3.05, 3.63) is 58.2 Å². The molecule has 1 amide bonds. The molecule has 29 heavy (non-hydrogen) atoms. The molecule has 0 bridgehead atoms. The summed E-state index contributed by atoms with van der Waals surface area (Å²) in [6, 6.07) is 4.57. The van der Waals surface area contributed by atoms with E-state index >= 15 is 0 Å². The topological polar surface area (TPSA) is 68.3 Å². The van der Waals surface area contributed by atoms with Crippen molar-refractivity contribution >= 4 is 29.3 Å². The third-order valence-corrected chi connectivity index (χ3v) is 3.68. The molecule has 0 aliphatic heterocycles. The fraction of sp³-hybridized carbons (Fsp3) is 0.235. The summed E-state index contributed by atoms with van der Waals surface area (Å²) in [7, 11) is 0. The lowest BCUT2D eigenvalue weighted by Gasteiger charge is -2.11.